The Hall–Kier alpha value is -2.94. The Balaban J connectivity index is 2.47. The van der Waals surface area contributed by atoms with Crippen LogP contribution < -0.4 is 11.2 Å². The van der Waals surface area contributed by atoms with Crippen LogP contribution in [0.2, 0.25) is 5.02 Å². The number of nitrogens with zero attached hydrogens (tertiary/aromatic N) is 2. The molecule has 2 rings (SSSR count). The summed E-state index contributed by atoms with van der Waals surface area (Å²) in [6.45, 7) is 0. The van der Waals surface area contributed by atoms with Crippen LogP contribution in [0.1, 0.15) is 10.4 Å². The van der Waals surface area contributed by atoms with E-state index in [1.165, 1.54) is 12.1 Å². The van der Waals surface area contributed by atoms with Crippen molar-refractivity contribution in [3.63, 3.8) is 0 Å². The second-order valence-electron chi connectivity index (χ2n) is 3.78. The highest BCUT2D eigenvalue weighted by Crippen LogP contribution is 2.28. The lowest BCUT2D eigenvalue weighted by molar-refractivity contribution is 0.0697. The van der Waals surface area contributed by atoms with E-state index in [1.807, 2.05) is 9.97 Å². The number of aromatic carboxylic acids is 1. The number of carboxylic acid groups (broad SMARTS) is 1. The number of halogens is 1. The molecule has 4 N–H and O–H groups in total. The van der Waals surface area contributed by atoms with Gasteiger partial charge in [-0.15, -0.1) is 10.2 Å². The molecule has 0 aliphatic rings. The average molecular weight is 311 g/mol. The molecule has 0 saturated carbocycles. The van der Waals surface area contributed by atoms with Crippen LogP contribution in [0.15, 0.2) is 38.0 Å². The van der Waals surface area contributed by atoms with Crippen molar-refractivity contribution in [3.05, 3.63) is 49.6 Å². The van der Waals surface area contributed by atoms with Gasteiger partial charge in [-0.25, -0.2) is 9.59 Å². The minimum absolute atomic E-state index is 0.0124. The molecule has 108 valence electrons. The van der Waals surface area contributed by atoms with Gasteiger partial charge in [0, 0.05) is 0 Å². The lowest BCUT2D eigenvalue weighted by atomic mass is 10.2. The summed E-state index contributed by atoms with van der Waals surface area (Å²) in [6, 6.07) is 3.72. The van der Waals surface area contributed by atoms with Crippen molar-refractivity contribution >= 4 is 28.9 Å². The van der Waals surface area contributed by atoms with Gasteiger partial charge in [0.05, 0.1) is 10.6 Å². The van der Waals surface area contributed by atoms with Crippen molar-refractivity contribution in [2.24, 2.45) is 10.2 Å². The van der Waals surface area contributed by atoms with Gasteiger partial charge in [0.25, 0.3) is 5.56 Å². The second-order valence-corrected chi connectivity index (χ2v) is 4.18. The molecule has 0 saturated heterocycles. The Kier molecular flexibility index (Phi) is 3.85. The van der Waals surface area contributed by atoms with Gasteiger partial charge >= 0.3 is 11.7 Å². The molecule has 10 heteroatoms. The number of aromatic nitrogens is 2. The van der Waals surface area contributed by atoms with E-state index in [4.69, 9.17) is 16.7 Å². The summed E-state index contributed by atoms with van der Waals surface area (Å²) < 4.78 is 0. The summed E-state index contributed by atoms with van der Waals surface area (Å²) in [5, 5.41) is 25.4. The van der Waals surface area contributed by atoms with Crippen LogP contribution in [0.25, 0.3) is 0 Å². The minimum Gasteiger partial charge on any atom is -0.493 e. The first-order valence-electron chi connectivity index (χ1n) is 5.38. The van der Waals surface area contributed by atoms with Crippen molar-refractivity contribution in [1.29, 1.82) is 0 Å². The van der Waals surface area contributed by atoms with Crippen molar-refractivity contribution in [2.75, 3.05) is 0 Å². The Labute approximate surface area is 120 Å². The monoisotopic (exact) mass is 310 g/mol. The van der Waals surface area contributed by atoms with Crippen molar-refractivity contribution in [1.82, 2.24) is 9.97 Å². The van der Waals surface area contributed by atoms with Gasteiger partial charge in [-0.05, 0) is 18.2 Å². The summed E-state index contributed by atoms with van der Waals surface area (Å²) >= 11 is 5.82. The number of carbonyl (C=O) groups is 1. The Bertz CT molecular complexity index is 854. The lowest BCUT2D eigenvalue weighted by Gasteiger charge is -1.99. The first-order chi connectivity index (χ1) is 9.88. The van der Waals surface area contributed by atoms with Gasteiger partial charge in [0.15, 0.2) is 0 Å². The fourth-order valence-corrected chi connectivity index (χ4v) is 1.54. The molecule has 0 unspecified atom stereocenters. The van der Waals surface area contributed by atoms with Crippen LogP contribution in [0.3, 0.4) is 0 Å². The SMILES string of the molecule is O=C(O)c1ccc(Cl)c(N=Nc2c(O)[nH]c(=O)[nH]c2=O)c1. The minimum atomic E-state index is -1.19. The number of benzene rings is 1. The van der Waals surface area contributed by atoms with Crippen molar-refractivity contribution in [2.45, 2.75) is 0 Å². The van der Waals surface area contributed by atoms with Gasteiger partial charge in [-0.1, -0.05) is 11.6 Å². The number of hydrogen-bond donors (Lipinski definition) is 4. The standard InChI is InChI=1S/C11H7ClN4O5/c12-5-2-1-4(10(19)20)3-6(5)15-16-7-8(17)13-11(21)14-9(7)18/h1-3H,(H,19,20)(H3,13,14,17,18,21). The number of azo groups is 1. The van der Waals surface area contributed by atoms with Gasteiger partial charge in [-0.3, -0.25) is 14.8 Å². The predicted octanol–water partition coefficient (Wildman–Crippen LogP) is 1.54. The molecule has 0 aliphatic heterocycles. The normalized spacial score (nSPS) is 10.9. The van der Waals surface area contributed by atoms with E-state index in [0.717, 1.165) is 6.07 Å². The lowest BCUT2D eigenvalue weighted by Crippen LogP contribution is -2.20. The highest BCUT2D eigenvalue weighted by molar-refractivity contribution is 6.33. The van der Waals surface area contributed by atoms with Crippen molar-refractivity contribution in [3.8, 4) is 5.88 Å². The number of aromatic hydroxyl groups is 1. The fraction of sp³-hybridized carbons (Fsp3) is 0. The zero-order valence-corrected chi connectivity index (χ0v) is 10.9. The maximum atomic E-state index is 11.4. The van der Waals surface area contributed by atoms with Crippen molar-refractivity contribution < 1.29 is 15.0 Å². The molecule has 1 aromatic heterocycles. The largest absolute Gasteiger partial charge is 0.493 e. The first-order valence-corrected chi connectivity index (χ1v) is 5.76. The highest BCUT2D eigenvalue weighted by Gasteiger charge is 2.09. The maximum Gasteiger partial charge on any atom is 0.335 e. The number of rotatable bonds is 3. The third-order valence-electron chi connectivity index (χ3n) is 2.35. The van der Waals surface area contributed by atoms with Gasteiger partial charge < -0.3 is 10.2 Å². The third-order valence-corrected chi connectivity index (χ3v) is 2.67. The van der Waals surface area contributed by atoms with Crippen LogP contribution >= 0.6 is 11.6 Å². The molecule has 9 nitrogen and oxygen atoms in total. The molecule has 1 heterocycles. The molecule has 1 aromatic carbocycles. The van der Waals surface area contributed by atoms with Gasteiger partial charge in [0.2, 0.25) is 11.6 Å². The Morgan fingerprint density at radius 1 is 1.19 bits per heavy atom. The summed E-state index contributed by atoms with van der Waals surface area (Å²) in [6.07, 6.45) is 0. The second kappa shape index (κ2) is 5.59. The van der Waals surface area contributed by atoms with E-state index in [0.29, 0.717) is 0 Å². The maximum absolute atomic E-state index is 11.4. The van der Waals surface area contributed by atoms with Crippen LogP contribution in [-0.4, -0.2) is 26.2 Å². The molecule has 0 amide bonds. The zero-order valence-electron chi connectivity index (χ0n) is 10.1. The molecule has 0 aliphatic carbocycles. The molecular formula is C11H7ClN4O5. The first kappa shape index (κ1) is 14.5. The summed E-state index contributed by atoms with van der Waals surface area (Å²) in [7, 11) is 0. The number of nitrogens with one attached hydrogen (secondary N) is 2. The Morgan fingerprint density at radius 3 is 2.52 bits per heavy atom. The molecule has 21 heavy (non-hydrogen) atoms. The number of carboxylic acids is 1. The zero-order chi connectivity index (χ0) is 15.6. The number of H-pyrrole nitrogens is 2. The van der Waals surface area contributed by atoms with E-state index in [-0.39, 0.29) is 16.3 Å². The van der Waals surface area contributed by atoms with Crippen LogP contribution in [0, 0.1) is 0 Å². The van der Waals surface area contributed by atoms with Crippen LogP contribution in [-0.2, 0) is 0 Å². The molecule has 0 bridgehead atoms. The quantitative estimate of drug-likeness (QED) is 0.634. The third kappa shape index (κ3) is 3.15. The topological polar surface area (TPSA) is 148 Å². The number of aromatic amines is 2. The van der Waals surface area contributed by atoms with Gasteiger partial charge in [-0.2, -0.15) is 0 Å². The summed E-state index contributed by atoms with van der Waals surface area (Å²) in [5.41, 5.74) is -2.48. The predicted molar refractivity (Wildman–Crippen MR) is 71.9 cm³/mol. The van der Waals surface area contributed by atoms with E-state index in [2.05, 4.69) is 10.2 Å². The van der Waals surface area contributed by atoms with E-state index in [1.54, 1.807) is 0 Å². The fourth-order valence-electron chi connectivity index (χ4n) is 1.39. The van der Waals surface area contributed by atoms with E-state index >= 15 is 0 Å². The number of hydrogen-bond acceptors (Lipinski definition) is 6. The molecule has 0 radical (unpaired) electrons. The van der Waals surface area contributed by atoms with E-state index in [9.17, 15) is 19.5 Å². The smallest absolute Gasteiger partial charge is 0.335 e. The van der Waals surface area contributed by atoms with Gasteiger partial charge in [0.1, 0.15) is 5.69 Å². The molecule has 2 aromatic rings. The van der Waals surface area contributed by atoms with Crippen LogP contribution in [0.5, 0.6) is 5.88 Å². The van der Waals surface area contributed by atoms with Crippen LogP contribution in [0.4, 0.5) is 11.4 Å². The average Bonchev–Trinajstić information content (AvgIpc) is 2.39. The highest BCUT2D eigenvalue weighted by atomic mass is 35.5. The summed E-state index contributed by atoms with van der Waals surface area (Å²) in [5.74, 6) is -1.95. The Morgan fingerprint density at radius 2 is 1.90 bits per heavy atom. The van der Waals surface area contributed by atoms with E-state index < -0.39 is 28.8 Å². The molecule has 0 spiro atoms. The molecular weight excluding hydrogens is 304 g/mol. The summed E-state index contributed by atoms with van der Waals surface area (Å²) in [4.78, 5) is 36.9. The molecule has 0 fully saturated rings. The molecule has 0 atom stereocenters.